The van der Waals surface area contributed by atoms with E-state index in [1.807, 2.05) is 0 Å². The molecule has 6 heteroatoms. The Balaban J connectivity index is 1.06. The Hall–Kier alpha value is -1.14. The lowest BCUT2D eigenvalue weighted by atomic mass is 9.74. The van der Waals surface area contributed by atoms with E-state index >= 15 is 0 Å². The molecular formula is C18H26N2O4. The van der Waals surface area contributed by atoms with Crippen LogP contribution in [0.2, 0.25) is 0 Å². The van der Waals surface area contributed by atoms with E-state index in [0.717, 1.165) is 51.6 Å². The van der Waals surface area contributed by atoms with E-state index in [1.165, 1.54) is 0 Å². The lowest BCUT2D eigenvalue weighted by Gasteiger charge is -2.36. The molecule has 4 bridgehead atoms. The number of rotatable bonds is 4. The van der Waals surface area contributed by atoms with E-state index in [9.17, 15) is 9.59 Å². The lowest BCUT2D eigenvalue weighted by Crippen LogP contribution is -2.45. The molecule has 2 N–H and O–H groups in total. The standard InChI is InChI=1S/C18H26N2O4/c21-17(15-9-5-13(15)19-7-9)23-11-1-2-12(4-3-11)24-18(22)16-10-6-14(16)20-8-10/h9-16,19-20H,1-8H2. The van der Waals surface area contributed by atoms with Gasteiger partial charge in [0, 0.05) is 12.1 Å². The summed E-state index contributed by atoms with van der Waals surface area (Å²) in [5.41, 5.74) is 0. The van der Waals surface area contributed by atoms with Crippen LogP contribution in [0.1, 0.15) is 38.5 Å². The van der Waals surface area contributed by atoms with Crippen molar-refractivity contribution in [1.29, 1.82) is 0 Å². The lowest BCUT2D eigenvalue weighted by molar-refractivity contribution is -0.168. The minimum atomic E-state index is -0.0150. The third-order valence-corrected chi connectivity index (χ3v) is 7.01. The zero-order valence-electron chi connectivity index (χ0n) is 13.9. The van der Waals surface area contributed by atoms with Gasteiger partial charge in [-0.3, -0.25) is 9.59 Å². The first-order chi connectivity index (χ1) is 11.7. The van der Waals surface area contributed by atoms with Gasteiger partial charge in [0.05, 0.1) is 11.8 Å². The molecule has 4 saturated heterocycles. The molecule has 3 saturated carbocycles. The second-order valence-electron chi connectivity index (χ2n) is 8.35. The van der Waals surface area contributed by atoms with Gasteiger partial charge in [0.15, 0.2) is 0 Å². The highest BCUT2D eigenvalue weighted by Crippen LogP contribution is 2.42. The minimum Gasteiger partial charge on any atom is -0.462 e. The highest BCUT2D eigenvalue weighted by atomic mass is 16.6. The van der Waals surface area contributed by atoms with Crippen molar-refractivity contribution in [2.24, 2.45) is 23.7 Å². The van der Waals surface area contributed by atoms with Gasteiger partial charge in [0.1, 0.15) is 12.2 Å². The van der Waals surface area contributed by atoms with Crippen LogP contribution >= 0.6 is 0 Å². The molecule has 0 spiro atoms. The molecule has 6 unspecified atom stereocenters. The van der Waals surface area contributed by atoms with E-state index in [4.69, 9.17) is 9.47 Å². The van der Waals surface area contributed by atoms with Crippen LogP contribution in [0.15, 0.2) is 0 Å². The summed E-state index contributed by atoms with van der Waals surface area (Å²) in [6.45, 7) is 1.93. The molecule has 0 radical (unpaired) electrons. The average Bonchev–Trinajstić information content (AvgIpc) is 3.29. The molecule has 0 amide bonds. The van der Waals surface area contributed by atoms with Gasteiger partial charge in [0.2, 0.25) is 0 Å². The van der Waals surface area contributed by atoms with E-state index < -0.39 is 0 Å². The van der Waals surface area contributed by atoms with Gasteiger partial charge in [-0.05, 0) is 63.5 Å². The van der Waals surface area contributed by atoms with Crippen LogP contribution in [0.25, 0.3) is 0 Å². The van der Waals surface area contributed by atoms with Crippen molar-refractivity contribution in [2.45, 2.75) is 62.8 Å². The van der Waals surface area contributed by atoms with Crippen molar-refractivity contribution in [3.05, 3.63) is 0 Å². The fourth-order valence-corrected chi connectivity index (χ4v) is 5.42. The van der Waals surface area contributed by atoms with Crippen molar-refractivity contribution in [3.63, 3.8) is 0 Å². The Labute approximate surface area is 142 Å². The molecule has 7 rings (SSSR count). The molecule has 7 fully saturated rings. The Kier molecular flexibility index (Phi) is 3.59. The molecule has 7 aliphatic rings. The largest absolute Gasteiger partial charge is 0.462 e. The number of hydrogen-bond acceptors (Lipinski definition) is 6. The summed E-state index contributed by atoms with van der Waals surface area (Å²) in [5, 5.41) is 6.72. The fraction of sp³-hybridized carbons (Fsp3) is 0.889. The first-order valence-electron chi connectivity index (χ1n) is 9.57. The predicted molar refractivity (Wildman–Crippen MR) is 85.0 cm³/mol. The van der Waals surface area contributed by atoms with Crippen molar-refractivity contribution in [2.75, 3.05) is 13.1 Å². The third kappa shape index (κ3) is 2.37. The second kappa shape index (κ2) is 5.70. The van der Waals surface area contributed by atoms with Crippen LogP contribution in [0, 0.1) is 23.7 Å². The molecule has 6 atom stereocenters. The van der Waals surface area contributed by atoms with Gasteiger partial charge in [-0.15, -0.1) is 0 Å². The van der Waals surface area contributed by atoms with E-state index in [-0.39, 0.29) is 36.0 Å². The van der Waals surface area contributed by atoms with E-state index in [2.05, 4.69) is 10.6 Å². The molecule has 24 heavy (non-hydrogen) atoms. The average molecular weight is 334 g/mol. The molecule has 0 aromatic heterocycles. The van der Waals surface area contributed by atoms with Crippen molar-refractivity contribution in [1.82, 2.24) is 10.6 Å². The molecular weight excluding hydrogens is 308 g/mol. The first kappa shape index (κ1) is 15.1. The number of hydrogen-bond donors (Lipinski definition) is 2. The van der Waals surface area contributed by atoms with Gasteiger partial charge in [-0.2, -0.15) is 0 Å². The molecule has 0 aromatic carbocycles. The summed E-state index contributed by atoms with van der Waals surface area (Å²) in [5.74, 6) is 1.12. The summed E-state index contributed by atoms with van der Waals surface area (Å²) < 4.78 is 11.4. The Bertz CT molecular complexity index is 469. The van der Waals surface area contributed by atoms with Crippen LogP contribution < -0.4 is 10.6 Å². The van der Waals surface area contributed by atoms with Crippen molar-refractivity contribution in [3.8, 4) is 0 Å². The van der Waals surface area contributed by atoms with Crippen LogP contribution in [0.4, 0.5) is 0 Å². The molecule has 4 aliphatic heterocycles. The Morgan fingerprint density at radius 2 is 1.12 bits per heavy atom. The molecule has 132 valence electrons. The highest BCUT2D eigenvalue weighted by Gasteiger charge is 2.53. The zero-order valence-corrected chi connectivity index (χ0v) is 13.9. The molecule has 3 aliphatic carbocycles. The smallest absolute Gasteiger partial charge is 0.311 e. The molecule has 4 heterocycles. The van der Waals surface area contributed by atoms with Crippen LogP contribution in [-0.4, -0.2) is 49.3 Å². The monoisotopic (exact) mass is 334 g/mol. The minimum absolute atomic E-state index is 0.00834. The first-order valence-corrected chi connectivity index (χ1v) is 9.57. The number of esters is 2. The number of carbonyl (C=O) groups excluding carboxylic acids is 2. The van der Waals surface area contributed by atoms with Gasteiger partial charge >= 0.3 is 11.9 Å². The maximum atomic E-state index is 12.3. The third-order valence-electron chi connectivity index (χ3n) is 7.01. The highest BCUT2D eigenvalue weighted by molar-refractivity contribution is 5.76. The summed E-state index contributed by atoms with van der Waals surface area (Å²) in [7, 11) is 0. The predicted octanol–water partition coefficient (Wildman–Crippen LogP) is 0.600. The maximum Gasteiger partial charge on any atom is 0.311 e. The maximum absolute atomic E-state index is 12.3. The number of nitrogens with one attached hydrogen (secondary N) is 2. The second-order valence-corrected chi connectivity index (χ2v) is 8.35. The van der Waals surface area contributed by atoms with Crippen molar-refractivity contribution < 1.29 is 19.1 Å². The van der Waals surface area contributed by atoms with Gasteiger partial charge in [-0.1, -0.05) is 0 Å². The van der Waals surface area contributed by atoms with Crippen LogP contribution in [0.3, 0.4) is 0 Å². The Morgan fingerprint density at radius 3 is 1.42 bits per heavy atom. The molecule has 0 aromatic rings. The number of fused-ring (bicyclic) bond motifs is 2. The van der Waals surface area contributed by atoms with Gasteiger partial charge in [0.25, 0.3) is 0 Å². The summed E-state index contributed by atoms with van der Waals surface area (Å²) in [6.07, 6.45) is 5.53. The zero-order chi connectivity index (χ0) is 16.3. The van der Waals surface area contributed by atoms with Gasteiger partial charge in [-0.25, -0.2) is 0 Å². The topological polar surface area (TPSA) is 76.7 Å². The van der Waals surface area contributed by atoms with Crippen molar-refractivity contribution >= 4 is 11.9 Å². The van der Waals surface area contributed by atoms with Crippen LogP contribution in [0.5, 0.6) is 0 Å². The number of carbonyl (C=O) groups is 2. The van der Waals surface area contributed by atoms with Crippen LogP contribution in [-0.2, 0) is 19.1 Å². The summed E-state index contributed by atoms with van der Waals surface area (Å²) >= 11 is 0. The summed E-state index contributed by atoms with van der Waals surface area (Å²) in [4.78, 5) is 24.5. The summed E-state index contributed by atoms with van der Waals surface area (Å²) in [6, 6.07) is 0.706. The SMILES string of the molecule is O=C(OC1CCC(OC(=O)C2C3CNC2C3)CC1)C1C2CNC1C2. The molecule has 6 nitrogen and oxygen atoms in total. The fourth-order valence-electron chi connectivity index (χ4n) is 5.42. The quantitative estimate of drug-likeness (QED) is 0.733. The normalized spacial score (nSPS) is 48.3. The van der Waals surface area contributed by atoms with Gasteiger partial charge < -0.3 is 20.1 Å². The van der Waals surface area contributed by atoms with E-state index in [0.29, 0.717) is 23.9 Å². The Morgan fingerprint density at radius 1 is 0.708 bits per heavy atom. The number of ether oxygens (including phenoxy) is 2. The van der Waals surface area contributed by atoms with E-state index in [1.54, 1.807) is 0 Å².